The van der Waals surface area contributed by atoms with E-state index in [-0.39, 0.29) is 6.61 Å². The lowest BCUT2D eigenvalue weighted by Gasteiger charge is -2.12. The van der Waals surface area contributed by atoms with Gasteiger partial charge in [0.1, 0.15) is 18.1 Å². The summed E-state index contributed by atoms with van der Waals surface area (Å²) in [6.45, 7) is 0.243. The fraction of sp³-hybridized carbons (Fsp3) is 0.267. The Morgan fingerprint density at radius 2 is 2.05 bits per heavy atom. The van der Waals surface area contributed by atoms with Crippen molar-refractivity contribution >= 4 is 11.8 Å². The highest BCUT2D eigenvalue weighted by molar-refractivity contribution is 7.99. The zero-order chi connectivity index (χ0) is 14.2. The van der Waals surface area contributed by atoms with Crippen molar-refractivity contribution in [2.24, 2.45) is 0 Å². The van der Waals surface area contributed by atoms with E-state index in [2.05, 4.69) is 4.98 Å². The van der Waals surface area contributed by atoms with Crippen molar-refractivity contribution in [1.29, 1.82) is 0 Å². The fourth-order valence-corrected chi connectivity index (χ4v) is 2.32. The number of aliphatic hydroxyl groups excluding tert-OH is 1. The van der Waals surface area contributed by atoms with Gasteiger partial charge in [-0.2, -0.15) is 0 Å². The number of hydrogen-bond acceptors (Lipinski definition) is 5. The first-order valence-electron chi connectivity index (χ1n) is 6.26. The minimum absolute atomic E-state index is 0.243. The number of methoxy groups -OCH3 is 1. The first-order valence-corrected chi connectivity index (χ1v) is 7.25. The number of aliphatic hydroxyl groups is 1. The predicted molar refractivity (Wildman–Crippen MR) is 79.5 cm³/mol. The second-order valence-corrected chi connectivity index (χ2v) is 5.16. The first kappa shape index (κ1) is 14.7. The maximum absolute atomic E-state index is 9.89. The van der Waals surface area contributed by atoms with Gasteiger partial charge in [-0.25, -0.2) is 4.98 Å². The molecule has 1 heterocycles. The summed E-state index contributed by atoms with van der Waals surface area (Å²) >= 11 is 1.51. The monoisotopic (exact) mass is 291 g/mol. The van der Waals surface area contributed by atoms with E-state index in [1.807, 2.05) is 36.4 Å². The molecule has 106 valence electrons. The summed E-state index contributed by atoms with van der Waals surface area (Å²) in [6, 6.07) is 13.0. The van der Waals surface area contributed by atoms with E-state index in [9.17, 15) is 5.11 Å². The van der Waals surface area contributed by atoms with Gasteiger partial charge in [-0.1, -0.05) is 12.1 Å². The molecule has 1 atom stereocenters. The molecular weight excluding hydrogens is 274 g/mol. The Hall–Kier alpha value is -1.72. The molecule has 0 saturated heterocycles. The second-order valence-electron chi connectivity index (χ2n) is 4.12. The van der Waals surface area contributed by atoms with E-state index in [0.717, 1.165) is 10.8 Å². The number of pyridine rings is 1. The van der Waals surface area contributed by atoms with Gasteiger partial charge in [-0.3, -0.25) is 0 Å². The summed E-state index contributed by atoms with van der Waals surface area (Å²) in [4.78, 5) is 4.19. The van der Waals surface area contributed by atoms with Crippen LogP contribution in [0.5, 0.6) is 11.5 Å². The van der Waals surface area contributed by atoms with Crippen LogP contribution in [0, 0.1) is 0 Å². The summed E-state index contributed by atoms with van der Waals surface area (Å²) in [7, 11) is 1.61. The minimum Gasteiger partial charge on any atom is -0.497 e. The molecule has 0 saturated carbocycles. The SMILES string of the molecule is COc1cccc(OC[C@H](O)CSc2ccccn2)c1. The summed E-state index contributed by atoms with van der Waals surface area (Å²) in [6.07, 6.45) is 1.19. The van der Waals surface area contributed by atoms with E-state index < -0.39 is 6.10 Å². The van der Waals surface area contributed by atoms with Crippen LogP contribution in [-0.4, -0.2) is 35.7 Å². The molecule has 0 amide bonds. The molecule has 2 rings (SSSR count). The van der Waals surface area contributed by atoms with Gasteiger partial charge in [0, 0.05) is 18.0 Å². The quantitative estimate of drug-likeness (QED) is 0.795. The molecule has 0 aliphatic rings. The Labute approximate surface area is 122 Å². The average Bonchev–Trinajstić information content (AvgIpc) is 2.52. The zero-order valence-electron chi connectivity index (χ0n) is 11.2. The van der Waals surface area contributed by atoms with Crippen LogP contribution in [0.4, 0.5) is 0 Å². The number of nitrogens with zero attached hydrogens (tertiary/aromatic N) is 1. The molecule has 0 radical (unpaired) electrons. The Morgan fingerprint density at radius 3 is 2.80 bits per heavy atom. The molecular formula is C15H17NO3S. The highest BCUT2D eigenvalue weighted by Gasteiger charge is 2.07. The number of benzene rings is 1. The van der Waals surface area contributed by atoms with Crippen molar-refractivity contribution < 1.29 is 14.6 Å². The average molecular weight is 291 g/mol. The molecule has 2 aromatic rings. The lowest BCUT2D eigenvalue weighted by molar-refractivity contribution is 0.126. The van der Waals surface area contributed by atoms with Crippen LogP contribution >= 0.6 is 11.8 Å². The molecule has 4 nitrogen and oxygen atoms in total. The van der Waals surface area contributed by atoms with Crippen molar-refractivity contribution in [3.63, 3.8) is 0 Å². The largest absolute Gasteiger partial charge is 0.497 e. The van der Waals surface area contributed by atoms with Gasteiger partial charge in [0.15, 0.2) is 0 Å². The topological polar surface area (TPSA) is 51.6 Å². The molecule has 0 unspecified atom stereocenters. The Balaban J connectivity index is 1.75. The van der Waals surface area contributed by atoms with Crippen LogP contribution in [0.1, 0.15) is 0 Å². The van der Waals surface area contributed by atoms with Gasteiger partial charge in [0.05, 0.1) is 18.2 Å². The molecule has 1 N–H and O–H groups in total. The van der Waals surface area contributed by atoms with E-state index in [0.29, 0.717) is 11.5 Å². The molecule has 0 bridgehead atoms. The van der Waals surface area contributed by atoms with E-state index in [1.54, 1.807) is 19.4 Å². The van der Waals surface area contributed by atoms with E-state index in [4.69, 9.17) is 9.47 Å². The van der Waals surface area contributed by atoms with Gasteiger partial charge < -0.3 is 14.6 Å². The molecule has 0 aliphatic carbocycles. The number of ether oxygens (including phenoxy) is 2. The Kier molecular flexibility index (Phi) is 5.70. The number of hydrogen-bond donors (Lipinski definition) is 1. The number of aromatic nitrogens is 1. The van der Waals surface area contributed by atoms with Crippen LogP contribution in [0.25, 0.3) is 0 Å². The van der Waals surface area contributed by atoms with Gasteiger partial charge in [-0.05, 0) is 24.3 Å². The number of rotatable bonds is 7. The maximum atomic E-state index is 9.89. The molecule has 5 heteroatoms. The highest BCUT2D eigenvalue weighted by Crippen LogP contribution is 2.20. The van der Waals surface area contributed by atoms with E-state index >= 15 is 0 Å². The molecule has 1 aromatic carbocycles. The van der Waals surface area contributed by atoms with E-state index in [1.165, 1.54) is 11.8 Å². The van der Waals surface area contributed by atoms with Crippen molar-refractivity contribution in [2.75, 3.05) is 19.5 Å². The summed E-state index contributed by atoms with van der Waals surface area (Å²) < 4.78 is 10.6. The molecule has 0 fully saturated rings. The van der Waals surface area contributed by atoms with Gasteiger partial charge in [-0.15, -0.1) is 11.8 Å². The maximum Gasteiger partial charge on any atom is 0.123 e. The minimum atomic E-state index is -0.548. The predicted octanol–water partition coefficient (Wildman–Crippen LogP) is 2.62. The third kappa shape index (κ3) is 4.75. The van der Waals surface area contributed by atoms with Crippen LogP contribution in [0.3, 0.4) is 0 Å². The van der Waals surface area contributed by atoms with Crippen molar-refractivity contribution in [2.45, 2.75) is 11.1 Å². The summed E-state index contributed by atoms with van der Waals surface area (Å²) in [5.74, 6) is 1.96. The smallest absolute Gasteiger partial charge is 0.123 e. The van der Waals surface area contributed by atoms with Crippen molar-refractivity contribution in [3.05, 3.63) is 48.7 Å². The van der Waals surface area contributed by atoms with Crippen LogP contribution in [-0.2, 0) is 0 Å². The lowest BCUT2D eigenvalue weighted by atomic mass is 10.3. The summed E-state index contributed by atoms with van der Waals surface area (Å²) in [5.41, 5.74) is 0. The third-order valence-electron chi connectivity index (χ3n) is 2.54. The molecule has 0 aliphatic heterocycles. The van der Waals surface area contributed by atoms with Crippen LogP contribution in [0.2, 0.25) is 0 Å². The normalized spacial score (nSPS) is 11.9. The highest BCUT2D eigenvalue weighted by atomic mass is 32.2. The fourth-order valence-electron chi connectivity index (χ4n) is 1.55. The van der Waals surface area contributed by atoms with Gasteiger partial charge in [0.25, 0.3) is 0 Å². The standard InChI is InChI=1S/C15H17NO3S/c1-18-13-5-4-6-14(9-13)19-10-12(17)11-20-15-7-2-3-8-16-15/h2-9,12,17H,10-11H2,1H3/t12-/m0/s1. The van der Waals surface area contributed by atoms with Gasteiger partial charge in [0.2, 0.25) is 0 Å². The molecule has 0 spiro atoms. The van der Waals surface area contributed by atoms with Crippen molar-refractivity contribution in [3.8, 4) is 11.5 Å². The number of thioether (sulfide) groups is 1. The third-order valence-corrected chi connectivity index (χ3v) is 3.63. The summed E-state index contributed by atoms with van der Waals surface area (Å²) in [5, 5.41) is 10.8. The zero-order valence-corrected chi connectivity index (χ0v) is 12.0. The Morgan fingerprint density at radius 1 is 1.20 bits per heavy atom. The second kappa shape index (κ2) is 7.77. The van der Waals surface area contributed by atoms with Crippen LogP contribution < -0.4 is 9.47 Å². The van der Waals surface area contributed by atoms with Crippen molar-refractivity contribution in [1.82, 2.24) is 4.98 Å². The first-order chi connectivity index (χ1) is 9.78. The molecule has 20 heavy (non-hydrogen) atoms. The van der Waals surface area contributed by atoms with Gasteiger partial charge >= 0.3 is 0 Å². The Bertz CT molecular complexity index is 522. The lowest BCUT2D eigenvalue weighted by Crippen LogP contribution is -2.20. The van der Waals surface area contributed by atoms with Crippen LogP contribution in [0.15, 0.2) is 53.7 Å². The molecule has 1 aromatic heterocycles.